The molecule has 0 aromatic heterocycles. The van der Waals surface area contributed by atoms with Gasteiger partial charge in [-0.3, -0.25) is 0 Å². The van der Waals surface area contributed by atoms with E-state index in [-0.39, 0.29) is 29.5 Å². The third-order valence-corrected chi connectivity index (χ3v) is 19.4. The number of benzene rings is 16. The molecule has 95 heavy (non-hydrogen) atoms. The van der Waals surface area contributed by atoms with Gasteiger partial charge in [0, 0.05) is 44.2 Å². The van der Waals surface area contributed by atoms with Gasteiger partial charge < -0.3 is 11.1 Å². The number of fused-ring (bicyclic) bond motifs is 15. The Morgan fingerprint density at radius 1 is 0.274 bits per heavy atom. The first-order valence-corrected chi connectivity index (χ1v) is 32.5. The van der Waals surface area contributed by atoms with E-state index in [2.05, 4.69) is 336 Å². The molecule has 2 nitrogen and oxygen atoms in total. The van der Waals surface area contributed by atoms with Gasteiger partial charge in [-0.15, -0.1) is 0 Å². The Balaban J connectivity index is 0.000000136. The average Bonchev–Trinajstić information content (AvgIpc) is 1.60. The van der Waals surface area contributed by atoms with E-state index in [4.69, 9.17) is 17.3 Å². The highest BCUT2D eigenvalue weighted by atomic mass is 35.5. The molecule has 3 radical (unpaired) electrons. The number of nitrogens with one attached hydrogen (secondary N) is 1. The Hall–Kier alpha value is -11.0. The Bertz CT molecular complexity index is 5550. The van der Waals surface area contributed by atoms with E-state index in [0.717, 1.165) is 27.6 Å². The third kappa shape index (κ3) is 12.1. The molecule has 0 unspecified atom stereocenters. The maximum atomic E-state index is 6.09. The summed E-state index contributed by atoms with van der Waals surface area (Å²) in [4.78, 5) is 0. The molecule has 18 rings (SSSR count). The van der Waals surface area contributed by atoms with Gasteiger partial charge in [0.05, 0.1) is 0 Å². The number of hydrogen-bond donors (Lipinski definition) is 2. The van der Waals surface area contributed by atoms with Crippen LogP contribution in [0.25, 0.3) is 120 Å². The van der Waals surface area contributed by atoms with E-state index in [1.807, 2.05) is 24.3 Å². The van der Waals surface area contributed by atoms with Gasteiger partial charge in [0.15, 0.2) is 0 Å². The molecule has 0 saturated carbocycles. The van der Waals surface area contributed by atoms with Crippen LogP contribution >= 0.6 is 11.6 Å². The van der Waals surface area contributed by atoms with Crippen molar-refractivity contribution in [3.05, 3.63) is 355 Å². The highest BCUT2D eigenvalue weighted by molar-refractivity contribution is 6.31. The van der Waals surface area contributed by atoms with Crippen molar-refractivity contribution in [2.24, 2.45) is 0 Å². The fourth-order valence-corrected chi connectivity index (χ4v) is 14.5. The fourth-order valence-electron chi connectivity index (χ4n) is 14.3. The summed E-state index contributed by atoms with van der Waals surface area (Å²) >= 11 is 6.09. The van der Waals surface area contributed by atoms with Crippen LogP contribution in [0.15, 0.2) is 328 Å². The quantitative estimate of drug-likeness (QED) is 0.102. The molecule has 2 aliphatic carbocycles. The van der Waals surface area contributed by atoms with Gasteiger partial charge in [-0.2, -0.15) is 0 Å². The first-order chi connectivity index (χ1) is 45.4. The first kappa shape index (κ1) is 62.8. The average molecular weight is 1240 g/mol. The van der Waals surface area contributed by atoms with Crippen LogP contribution in [0.3, 0.4) is 0 Å². The lowest BCUT2D eigenvalue weighted by molar-refractivity contribution is 0.660. The predicted octanol–water partition coefficient (Wildman–Crippen LogP) is 26.0. The molecule has 2 aliphatic rings. The molecule has 16 aromatic rings. The minimum absolute atomic E-state index is 0. The lowest BCUT2D eigenvalue weighted by Crippen LogP contribution is -2.15. The van der Waals surface area contributed by atoms with Crippen LogP contribution < -0.4 is 11.1 Å². The number of rotatable bonds is 5. The topological polar surface area (TPSA) is 38.0 Å². The Morgan fingerprint density at radius 3 is 1.14 bits per heavy atom. The van der Waals surface area contributed by atoms with Crippen molar-refractivity contribution < 1.29 is 2.85 Å². The van der Waals surface area contributed by atoms with Crippen LogP contribution in [0, 0.1) is 0 Å². The largest absolute Gasteiger partial charge is 0.399 e. The Kier molecular flexibility index (Phi) is 17.3. The Morgan fingerprint density at radius 2 is 0.632 bits per heavy atom. The van der Waals surface area contributed by atoms with Crippen molar-refractivity contribution in [2.45, 2.75) is 46.0 Å². The summed E-state index contributed by atoms with van der Waals surface area (Å²) < 4.78 is 0. The summed E-state index contributed by atoms with van der Waals surface area (Å²) in [6.07, 6.45) is 0. The normalized spacial score (nSPS) is 12.5. The molecule has 0 atom stereocenters. The SMILES string of the molecule is C.CC1(C)c2ccccc2-c2ccc(N)cc21.CC1(C)c2ccccc2-c2ccc(Nc3cccc(-c4ccc5c(ccc6ccccc65)c4)c3)cc21.Clc1cccc(-c2ccc3c(ccc4ccccc43)c2)c1.[B].[HH].[HH].c1ccc(-c2ccc3c(ccc4ccccc43)c2)cc1. The number of nitrogen functional groups attached to an aromatic ring is 1. The lowest BCUT2D eigenvalue weighted by atomic mass is 9.82. The van der Waals surface area contributed by atoms with Gasteiger partial charge in [-0.25, -0.2) is 0 Å². The molecular formula is C91H77BClN2. The molecule has 0 spiro atoms. The van der Waals surface area contributed by atoms with Crippen LogP contribution in [-0.4, -0.2) is 8.41 Å². The lowest BCUT2D eigenvalue weighted by Gasteiger charge is -2.22. The minimum Gasteiger partial charge on any atom is -0.399 e. The number of anilines is 3. The zero-order chi connectivity index (χ0) is 63.2. The van der Waals surface area contributed by atoms with E-state index >= 15 is 0 Å². The molecular weight excluding hydrogens is 1170 g/mol. The summed E-state index contributed by atoms with van der Waals surface area (Å²) in [6, 6.07) is 117. The second kappa shape index (κ2) is 26.2. The molecule has 4 heteroatoms. The molecule has 0 bridgehead atoms. The minimum atomic E-state index is 0. The van der Waals surface area contributed by atoms with E-state index < -0.39 is 0 Å². The molecule has 0 heterocycles. The van der Waals surface area contributed by atoms with Crippen molar-refractivity contribution in [3.63, 3.8) is 0 Å². The first-order valence-electron chi connectivity index (χ1n) is 32.1. The van der Waals surface area contributed by atoms with Crippen molar-refractivity contribution in [1.29, 1.82) is 0 Å². The molecule has 0 fully saturated rings. The maximum Gasteiger partial charge on any atom is 0.0412 e. The molecule has 0 saturated heterocycles. The summed E-state index contributed by atoms with van der Waals surface area (Å²) in [6.45, 7) is 9.17. The van der Waals surface area contributed by atoms with Gasteiger partial charge in [0.1, 0.15) is 0 Å². The van der Waals surface area contributed by atoms with Crippen LogP contribution in [0.5, 0.6) is 0 Å². The number of halogens is 1. The van der Waals surface area contributed by atoms with E-state index in [9.17, 15) is 0 Å². The standard InChI is InChI=1S/C35H27N.C20H13Cl.C20H14.C15H15N.CH4.B.2H2/c1-35(2)33-13-6-5-12-31(33)32-19-17-28(22-34(32)35)36-27-10-7-9-24(21-27)25-16-18-30-26(20-25)15-14-23-8-3-4-11-29(23)30;21-18-6-3-5-15(13-18)16-10-11-20-17(12-16)9-8-14-4-1-2-7-19(14)20;1-2-6-15(7-3-1)17-12-13-20-18(14-17)11-10-16-8-4-5-9-19(16)20;1-15(2)13-6-4-3-5-11(13)12-8-7-10(16)9-14(12)15;;;;/h3-22,36H,1-2H3;1-13H;1-14H;3-9H,16H2,1-2H3;1H4;;2*1H. The van der Waals surface area contributed by atoms with Gasteiger partial charge in [0.25, 0.3) is 0 Å². The summed E-state index contributed by atoms with van der Waals surface area (Å²) in [5.74, 6) is 0. The second-order valence-electron chi connectivity index (χ2n) is 25.7. The van der Waals surface area contributed by atoms with Crippen LogP contribution in [0.1, 0.15) is 60.2 Å². The number of nitrogens with two attached hydrogens (primary N) is 1. The van der Waals surface area contributed by atoms with Gasteiger partial charge in [0.2, 0.25) is 0 Å². The molecule has 461 valence electrons. The van der Waals surface area contributed by atoms with Crippen LogP contribution in [-0.2, 0) is 10.8 Å². The van der Waals surface area contributed by atoms with Crippen molar-refractivity contribution in [3.8, 4) is 55.6 Å². The van der Waals surface area contributed by atoms with Crippen molar-refractivity contribution in [1.82, 2.24) is 0 Å². The zero-order valence-corrected chi connectivity index (χ0v) is 54.0. The zero-order valence-electron chi connectivity index (χ0n) is 53.2. The summed E-state index contributed by atoms with van der Waals surface area (Å²) in [5, 5.41) is 20.0. The van der Waals surface area contributed by atoms with Gasteiger partial charge in [-0.05, 0) is 209 Å². The molecule has 0 aliphatic heterocycles. The smallest absolute Gasteiger partial charge is 0.0412 e. The highest BCUT2D eigenvalue weighted by Gasteiger charge is 2.36. The van der Waals surface area contributed by atoms with Crippen LogP contribution in [0.2, 0.25) is 5.02 Å². The third-order valence-electron chi connectivity index (χ3n) is 19.2. The van der Waals surface area contributed by atoms with Crippen molar-refractivity contribution in [2.75, 3.05) is 11.1 Å². The van der Waals surface area contributed by atoms with Crippen molar-refractivity contribution >= 4 is 102 Å². The number of hydrogen-bond acceptors (Lipinski definition) is 2. The Labute approximate surface area is 568 Å². The predicted molar refractivity (Wildman–Crippen MR) is 418 cm³/mol. The van der Waals surface area contributed by atoms with E-state index in [1.165, 1.54) is 137 Å². The molecule has 0 amide bonds. The van der Waals surface area contributed by atoms with Gasteiger partial charge >= 0.3 is 0 Å². The summed E-state index contributed by atoms with van der Waals surface area (Å²) in [5.41, 5.74) is 27.3. The maximum absolute atomic E-state index is 6.09. The monoisotopic (exact) mass is 1240 g/mol. The fraction of sp³-hybridized carbons (Fsp3) is 0.0769. The van der Waals surface area contributed by atoms with E-state index in [0.29, 0.717) is 0 Å². The van der Waals surface area contributed by atoms with Gasteiger partial charge in [-0.1, -0.05) is 308 Å². The second-order valence-corrected chi connectivity index (χ2v) is 26.1. The van der Waals surface area contributed by atoms with Crippen LogP contribution in [0.4, 0.5) is 17.1 Å². The van der Waals surface area contributed by atoms with E-state index in [1.54, 1.807) is 0 Å². The summed E-state index contributed by atoms with van der Waals surface area (Å²) in [7, 11) is 0. The molecule has 16 aromatic carbocycles. The molecule has 3 N–H and O–H groups in total. The highest BCUT2D eigenvalue weighted by Crippen LogP contribution is 2.51.